The number of amides is 1. The number of nitrogens with one attached hydrogen (secondary N) is 1. The Kier molecular flexibility index (Phi) is 5.52. The number of hydrogen-bond acceptors (Lipinski definition) is 4. The SMILES string of the molecule is CC(C)(C)c1ccc(C2SCC(=O)N2CCN2CCNCC2)cc1. The zero-order chi connectivity index (χ0) is 17.2. The fraction of sp³-hybridized carbons (Fsp3) is 0.632. The van der Waals surface area contributed by atoms with Crippen molar-refractivity contribution in [2.45, 2.75) is 31.6 Å². The molecule has 0 radical (unpaired) electrons. The largest absolute Gasteiger partial charge is 0.325 e. The lowest BCUT2D eigenvalue weighted by atomic mass is 9.87. The average Bonchev–Trinajstić information content (AvgIpc) is 2.94. The first-order valence-electron chi connectivity index (χ1n) is 8.90. The van der Waals surface area contributed by atoms with E-state index in [0.717, 1.165) is 39.3 Å². The van der Waals surface area contributed by atoms with Gasteiger partial charge in [-0.1, -0.05) is 45.0 Å². The molecule has 1 amide bonds. The second kappa shape index (κ2) is 7.46. The molecule has 2 fully saturated rings. The zero-order valence-corrected chi connectivity index (χ0v) is 15.9. The van der Waals surface area contributed by atoms with E-state index in [-0.39, 0.29) is 16.7 Å². The molecule has 0 aromatic heterocycles. The second-order valence-electron chi connectivity index (χ2n) is 7.71. The van der Waals surface area contributed by atoms with E-state index in [1.54, 1.807) is 11.8 Å². The first kappa shape index (κ1) is 17.8. The van der Waals surface area contributed by atoms with E-state index in [1.807, 2.05) is 0 Å². The summed E-state index contributed by atoms with van der Waals surface area (Å²) in [5.41, 5.74) is 2.76. The van der Waals surface area contributed by atoms with Crippen molar-refractivity contribution in [1.29, 1.82) is 0 Å². The third kappa shape index (κ3) is 4.13. The number of thioether (sulfide) groups is 1. The van der Waals surface area contributed by atoms with Crippen LogP contribution in [0.5, 0.6) is 0 Å². The number of piperazine rings is 1. The maximum atomic E-state index is 12.3. The molecule has 1 aromatic rings. The Morgan fingerprint density at radius 3 is 2.42 bits per heavy atom. The van der Waals surface area contributed by atoms with Gasteiger partial charge in [-0.2, -0.15) is 0 Å². The fourth-order valence-corrected chi connectivity index (χ4v) is 4.52. The molecule has 1 aromatic carbocycles. The van der Waals surface area contributed by atoms with Crippen molar-refractivity contribution in [2.75, 3.05) is 45.0 Å². The molecule has 132 valence electrons. The predicted octanol–water partition coefficient (Wildman–Crippen LogP) is 2.46. The smallest absolute Gasteiger partial charge is 0.233 e. The molecule has 2 heterocycles. The van der Waals surface area contributed by atoms with Gasteiger partial charge < -0.3 is 10.2 Å². The molecule has 1 N–H and O–H groups in total. The Morgan fingerprint density at radius 2 is 1.79 bits per heavy atom. The summed E-state index contributed by atoms with van der Waals surface area (Å²) in [4.78, 5) is 16.9. The van der Waals surface area contributed by atoms with Crippen LogP contribution in [0.15, 0.2) is 24.3 Å². The van der Waals surface area contributed by atoms with Crippen LogP contribution >= 0.6 is 11.8 Å². The van der Waals surface area contributed by atoms with Crippen molar-refractivity contribution < 1.29 is 4.79 Å². The summed E-state index contributed by atoms with van der Waals surface area (Å²) < 4.78 is 0. The lowest BCUT2D eigenvalue weighted by Gasteiger charge is -2.31. The highest BCUT2D eigenvalue weighted by molar-refractivity contribution is 8.00. The lowest BCUT2D eigenvalue weighted by molar-refractivity contribution is -0.128. The van der Waals surface area contributed by atoms with Gasteiger partial charge in [-0.15, -0.1) is 11.8 Å². The van der Waals surface area contributed by atoms with Crippen LogP contribution in [0.4, 0.5) is 0 Å². The van der Waals surface area contributed by atoms with Gasteiger partial charge in [-0.25, -0.2) is 0 Å². The number of carbonyl (C=O) groups excluding carboxylic acids is 1. The van der Waals surface area contributed by atoms with E-state index in [4.69, 9.17) is 0 Å². The summed E-state index contributed by atoms with van der Waals surface area (Å²) in [5, 5.41) is 3.55. The zero-order valence-electron chi connectivity index (χ0n) is 15.0. The Bertz CT molecular complexity index is 561. The molecule has 2 aliphatic heterocycles. The van der Waals surface area contributed by atoms with E-state index < -0.39 is 0 Å². The van der Waals surface area contributed by atoms with Crippen molar-refractivity contribution in [2.24, 2.45) is 0 Å². The van der Waals surface area contributed by atoms with Crippen LogP contribution in [0.25, 0.3) is 0 Å². The number of nitrogens with zero attached hydrogens (tertiary/aromatic N) is 2. The lowest BCUT2D eigenvalue weighted by Crippen LogP contribution is -2.46. The fourth-order valence-electron chi connectivity index (χ4n) is 3.30. The number of hydrogen-bond donors (Lipinski definition) is 1. The standard InChI is InChI=1S/C19H29N3OS/c1-19(2,3)16-6-4-15(5-7-16)18-22(17(23)14-24-18)13-12-21-10-8-20-9-11-21/h4-7,18,20H,8-14H2,1-3H3. The second-order valence-corrected chi connectivity index (χ2v) is 8.78. The van der Waals surface area contributed by atoms with Crippen molar-refractivity contribution >= 4 is 17.7 Å². The molecule has 1 unspecified atom stereocenters. The summed E-state index contributed by atoms with van der Waals surface area (Å²) in [6.45, 7) is 12.8. The molecular formula is C19H29N3OS. The molecular weight excluding hydrogens is 318 g/mol. The van der Waals surface area contributed by atoms with Crippen LogP contribution in [0.2, 0.25) is 0 Å². The Hall–Kier alpha value is -1.04. The van der Waals surface area contributed by atoms with Gasteiger partial charge >= 0.3 is 0 Å². The van der Waals surface area contributed by atoms with Crippen molar-refractivity contribution in [3.8, 4) is 0 Å². The van der Waals surface area contributed by atoms with E-state index in [0.29, 0.717) is 5.75 Å². The Labute approximate surface area is 150 Å². The van der Waals surface area contributed by atoms with Crippen molar-refractivity contribution in [3.05, 3.63) is 35.4 Å². The Morgan fingerprint density at radius 1 is 1.12 bits per heavy atom. The number of carbonyl (C=O) groups is 1. The minimum Gasteiger partial charge on any atom is -0.325 e. The van der Waals surface area contributed by atoms with Crippen LogP contribution < -0.4 is 5.32 Å². The molecule has 0 spiro atoms. The van der Waals surface area contributed by atoms with Gasteiger partial charge in [0.2, 0.25) is 5.91 Å². The van der Waals surface area contributed by atoms with Crippen LogP contribution in [0, 0.1) is 0 Å². The van der Waals surface area contributed by atoms with Crippen LogP contribution in [0.3, 0.4) is 0 Å². The highest BCUT2D eigenvalue weighted by Crippen LogP contribution is 2.39. The molecule has 24 heavy (non-hydrogen) atoms. The van der Waals surface area contributed by atoms with Crippen LogP contribution in [0.1, 0.15) is 37.3 Å². The van der Waals surface area contributed by atoms with Gasteiger partial charge in [-0.3, -0.25) is 9.69 Å². The van der Waals surface area contributed by atoms with Crippen LogP contribution in [-0.2, 0) is 10.2 Å². The molecule has 5 heteroatoms. The van der Waals surface area contributed by atoms with Gasteiger partial charge in [-0.05, 0) is 16.5 Å². The van der Waals surface area contributed by atoms with Crippen LogP contribution in [-0.4, -0.2) is 60.7 Å². The van der Waals surface area contributed by atoms with Gasteiger partial charge in [0.25, 0.3) is 0 Å². The maximum Gasteiger partial charge on any atom is 0.233 e. The summed E-state index contributed by atoms with van der Waals surface area (Å²) in [6.07, 6.45) is 0. The molecule has 3 rings (SSSR count). The molecule has 0 saturated carbocycles. The van der Waals surface area contributed by atoms with Gasteiger partial charge in [0.15, 0.2) is 0 Å². The topological polar surface area (TPSA) is 35.6 Å². The first-order valence-corrected chi connectivity index (χ1v) is 9.94. The number of benzene rings is 1. The third-order valence-electron chi connectivity index (χ3n) is 4.90. The summed E-state index contributed by atoms with van der Waals surface area (Å²) in [5.74, 6) is 0.882. The third-order valence-corrected chi connectivity index (χ3v) is 6.15. The molecule has 1 atom stereocenters. The first-order chi connectivity index (χ1) is 11.4. The maximum absolute atomic E-state index is 12.3. The average molecular weight is 348 g/mol. The van der Waals surface area contributed by atoms with Gasteiger partial charge in [0.1, 0.15) is 5.37 Å². The summed E-state index contributed by atoms with van der Waals surface area (Å²) >= 11 is 1.76. The predicted molar refractivity (Wildman–Crippen MR) is 101 cm³/mol. The minimum atomic E-state index is 0.166. The van der Waals surface area contributed by atoms with E-state index in [2.05, 4.69) is 60.2 Å². The molecule has 0 aliphatic carbocycles. The normalized spacial score (nSPS) is 23.0. The van der Waals surface area contributed by atoms with E-state index in [1.165, 1.54) is 11.1 Å². The van der Waals surface area contributed by atoms with Crippen molar-refractivity contribution in [3.63, 3.8) is 0 Å². The molecule has 2 saturated heterocycles. The van der Waals surface area contributed by atoms with Gasteiger partial charge in [0, 0.05) is 39.3 Å². The van der Waals surface area contributed by atoms with E-state index >= 15 is 0 Å². The highest BCUT2D eigenvalue weighted by Gasteiger charge is 2.33. The summed E-state index contributed by atoms with van der Waals surface area (Å²) in [7, 11) is 0. The number of rotatable bonds is 4. The Balaban J connectivity index is 1.66. The van der Waals surface area contributed by atoms with Crippen molar-refractivity contribution in [1.82, 2.24) is 15.1 Å². The quantitative estimate of drug-likeness (QED) is 0.908. The summed E-state index contributed by atoms with van der Waals surface area (Å²) in [6, 6.07) is 8.84. The monoisotopic (exact) mass is 347 g/mol. The molecule has 0 bridgehead atoms. The minimum absolute atomic E-state index is 0.166. The highest BCUT2D eigenvalue weighted by atomic mass is 32.2. The van der Waals surface area contributed by atoms with E-state index in [9.17, 15) is 4.79 Å². The molecule has 4 nitrogen and oxygen atoms in total. The molecule has 2 aliphatic rings. The van der Waals surface area contributed by atoms with Gasteiger partial charge in [0.05, 0.1) is 5.75 Å².